The Morgan fingerprint density at radius 3 is 2.27 bits per heavy atom. The van der Waals surface area contributed by atoms with Crippen LogP contribution in [-0.2, 0) is 4.79 Å². The minimum Gasteiger partial charge on any atom is -0.342 e. The molecule has 1 N–H and O–H groups in total. The zero-order valence-corrected chi connectivity index (χ0v) is 8.01. The maximum absolute atomic E-state index is 11.9. The number of amides is 1. The first-order chi connectivity index (χ1) is 6.91. The molecule has 0 saturated heterocycles. The van der Waals surface area contributed by atoms with Crippen molar-refractivity contribution in [1.29, 1.82) is 0 Å². The lowest BCUT2D eigenvalue weighted by Crippen LogP contribution is -2.38. The standard InChI is InChI=1S/C10H10F3NO/c1-7(8-5-3-2-4-6-8)14-9(15)10(11,12)13/h2-7H,1H3,(H,14,15)/t7-/m0/s1. The van der Waals surface area contributed by atoms with Gasteiger partial charge in [-0.2, -0.15) is 13.2 Å². The zero-order chi connectivity index (χ0) is 11.5. The van der Waals surface area contributed by atoms with Crippen LogP contribution >= 0.6 is 0 Å². The Kier molecular flexibility index (Phi) is 3.34. The van der Waals surface area contributed by atoms with E-state index in [1.807, 2.05) is 5.32 Å². The molecule has 0 bridgehead atoms. The lowest BCUT2D eigenvalue weighted by atomic mass is 10.1. The molecule has 0 aliphatic heterocycles. The lowest BCUT2D eigenvalue weighted by molar-refractivity contribution is -0.174. The van der Waals surface area contributed by atoms with Gasteiger partial charge in [-0.3, -0.25) is 4.79 Å². The average Bonchev–Trinajstić information content (AvgIpc) is 2.17. The summed E-state index contributed by atoms with van der Waals surface area (Å²) < 4.78 is 35.7. The monoisotopic (exact) mass is 217 g/mol. The predicted octanol–water partition coefficient (Wildman–Crippen LogP) is 2.43. The molecule has 0 spiro atoms. The quantitative estimate of drug-likeness (QED) is 0.809. The lowest BCUT2D eigenvalue weighted by Gasteiger charge is -2.15. The van der Waals surface area contributed by atoms with Crippen LogP contribution in [0, 0.1) is 0 Å². The maximum Gasteiger partial charge on any atom is 0.471 e. The van der Waals surface area contributed by atoms with E-state index in [9.17, 15) is 18.0 Å². The molecule has 2 nitrogen and oxygen atoms in total. The highest BCUT2D eigenvalue weighted by atomic mass is 19.4. The fourth-order valence-electron chi connectivity index (χ4n) is 1.10. The summed E-state index contributed by atoms with van der Waals surface area (Å²) in [6.45, 7) is 1.50. The molecule has 5 heteroatoms. The number of hydrogen-bond acceptors (Lipinski definition) is 1. The number of halogens is 3. The van der Waals surface area contributed by atoms with Gasteiger partial charge in [-0.15, -0.1) is 0 Å². The first-order valence-electron chi connectivity index (χ1n) is 4.34. The molecule has 0 saturated carbocycles. The van der Waals surface area contributed by atoms with Crippen molar-refractivity contribution in [2.24, 2.45) is 0 Å². The summed E-state index contributed by atoms with van der Waals surface area (Å²) in [7, 11) is 0. The molecule has 0 heterocycles. The summed E-state index contributed by atoms with van der Waals surface area (Å²) in [5, 5.41) is 1.87. The van der Waals surface area contributed by atoms with Crippen molar-refractivity contribution in [2.45, 2.75) is 19.1 Å². The third kappa shape index (κ3) is 3.27. The molecule has 0 aliphatic rings. The Balaban J connectivity index is 2.65. The number of alkyl halides is 3. The van der Waals surface area contributed by atoms with E-state index in [0.29, 0.717) is 5.56 Å². The number of benzene rings is 1. The Hall–Kier alpha value is -1.52. The average molecular weight is 217 g/mol. The van der Waals surface area contributed by atoms with Crippen molar-refractivity contribution in [3.8, 4) is 0 Å². The van der Waals surface area contributed by atoms with Crippen LogP contribution in [0.1, 0.15) is 18.5 Å². The van der Waals surface area contributed by atoms with Crippen LogP contribution in [0.3, 0.4) is 0 Å². The third-order valence-corrected chi connectivity index (χ3v) is 1.90. The van der Waals surface area contributed by atoms with E-state index in [1.165, 1.54) is 6.92 Å². The fourth-order valence-corrected chi connectivity index (χ4v) is 1.10. The topological polar surface area (TPSA) is 29.1 Å². The van der Waals surface area contributed by atoms with Gasteiger partial charge in [0, 0.05) is 0 Å². The van der Waals surface area contributed by atoms with Gasteiger partial charge in [-0.05, 0) is 12.5 Å². The van der Waals surface area contributed by atoms with Crippen LogP contribution in [0.2, 0.25) is 0 Å². The van der Waals surface area contributed by atoms with Gasteiger partial charge in [0.05, 0.1) is 6.04 Å². The van der Waals surface area contributed by atoms with Crippen molar-refractivity contribution in [3.05, 3.63) is 35.9 Å². The first-order valence-corrected chi connectivity index (χ1v) is 4.34. The van der Waals surface area contributed by atoms with Crippen LogP contribution in [0.15, 0.2) is 30.3 Å². The summed E-state index contributed by atoms with van der Waals surface area (Å²) in [4.78, 5) is 10.6. The predicted molar refractivity (Wildman–Crippen MR) is 49.1 cm³/mol. The van der Waals surface area contributed by atoms with Gasteiger partial charge in [0.1, 0.15) is 0 Å². The molecule has 0 fully saturated rings. The molecule has 1 aromatic carbocycles. The van der Waals surface area contributed by atoms with Crippen molar-refractivity contribution in [3.63, 3.8) is 0 Å². The summed E-state index contributed by atoms with van der Waals surface area (Å²) in [6.07, 6.45) is -4.83. The molecule has 15 heavy (non-hydrogen) atoms. The summed E-state index contributed by atoms with van der Waals surface area (Å²) in [5.41, 5.74) is 0.634. The molecule has 0 aromatic heterocycles. The molecule has 1 aromatic rings. The number of carbonyl (C=O) groups is 1. The normalized spacial score (nSPS) is 13.3. The van der Waals surface area contributed by atoms with Gasteiger partial charge in [-0.25, -0.2) is 0 Å². The van der Waals surface area contributed by atoms with Crippen LogP contribution in [0.25, 0.3) is 0 Å². The van der Waals surface area contributed by atoms with E-state index in [-0.39, 0.29) is 0 Å². The molecule has 0 aliphatic carbocycles. The molecule has 1 amide bonds. The van der Waals surface area contributed by atoms with Gasteiger partial charge in [0.2, 0.25) is 0 Å². The van der Waals surface area contributed by atoms with Crippen molar-refractivity contribution < 1.29 is 18.0 Å². The number of rotatable bonds is 2. The molecule has 0 radical (unpaired) electrons. The molecular formula is C10H10F3NO. The van der Waals surface area contributed by atoms with Crippen LogP contribution < -0.4 is 5.32 Å². The second kappa shape index (κ2) is 4.33. The molecular weight excluding hydrogens is 207 g/mol. The number of nitrogens with one attached hydrogen (secondary N) is 1. The highest BCUT2D eigenvalue weighted by Gasteiger charge is 2.39. The van der Waals surface area contributed by atoms with Crippen molar-refractivity contribution >= 4 is 5.91 Å². The van der Waals surface area contributed by atoms with Crippen molar-refractivity contribution in [1.82, 2.24) is 5.32 Å². The summed E-state index contributed by atoms with van der Waals surface area (Å²) in [5.74, 6) is -1.92. The minimum absolute atomic E-state index is 0.634. The van der Waals surface area contributed by atoms with Crippen LogP contribution in [0.4, 0.5) is 13.2 Å². The van der Waals surface area contributed by atoms with E-state index in [4.69, 9.17) is 0 Å². The van der Waals surface area contributed by atoms with Gasteiger partial charge < -0.3 is 5.32 Å². The molecule has 1 rings (SSSR count). The van der Waals surface area contributed by atoms with Crippen LogP contribution in [-0.4, -0.2) is 12.1 Å². The Bertz CT molecular complexity index is 334. The highest BCUT2D eigenvalue weighted by Crippen LogP contribution is 2.18. The second-order valence-electron chi connectivity index (χ2n) is 3.10. The minimum atomic E-state index is -4.83. The van der Waals surface area contributed by atoms with E-state index < -0.39 is 18.1 Å². The SMILES string of the molecule is C[C@H](NC(=O)C(F)(F)F)c1ccccc1. The fraction of sp³-hybridized carbons (Fsp3) is 0.300. The Labute approximate surface area is 85.1 Å². The summed E-state index contributed by atoms with van der Waals surface area (Å²) >= 11 is 0. The van der Waals surface area contributed by atoms with Gasteiger partial charge >= 0.3 is 12.1 Å². The van der Waals surface area contributed by atoms with E-state index in [2.05, 4.69) is 0 Å². The largest absolute Gasteiger partial charge is 0.471 e. The van der Waals surface area contributed by atoms with E-state index in [0.717, 1.165) is 0 Å². The number of hydrogen-bond donors (Lipinski definition) is 1. The first kappa shape index (κ1) is 11.6. The second-order valence-corrected chi connectivity index (χ2v) is 3.10. The highest BCUT2D eigenvalue weighted by molar-refractivity contribution is 5.82. The third-order valence-electron chi connectivity index (χ3n) is 1.90. The van der Waals surface area contributed by atoms with Gasteiger partial charge in [0.25, 0.3) is 0 Å². The Morgan fingerprint density at radius 2 is 1.80 bits per heavy atom. The zero-order valence-electron chi connectivity index (χ0n) is 8.01. The van der Waals surface area contributed by atoms with E-state index in [1.54, 1.807) is 30.3 Å². The van der Waals surface area contributed by atoms with E-state index >= 15 is 0 Å². The van der Waals surface area contributed by atoms with Crippen LogP contribution in [0.5, 0.6) is 0 Å². The molecule has 82 valence electrons. The maximum atomic E-state index is 11.9. The van der Waals surface area contributed by atoms with Gasteiger partial charge in [0.15, 0.2) is 0 Å². The Morgan fingerprint density at radius 1 is 1.27 bits per heavy atom. The smallest absolute Gasteiger partial charge is 0.342 e. The van der Waals surface area contributed by atoms with Crippen molar-refractivity contribution in [2.75, 3.05) is 0 Å². The molecule has 0 unspecified atom stereocenters. The summed E-state index contributed by atoms with van der Waals surface area (Å²) in [6, 6.07) is 7.81. The van der Waals surface area contributed by atoms with Gasteiger partial charge in [-0.1, -0.05) is 30.3 Å². The molecule has 1 atom stereocenters. The number of carbonyl (C=O) groups excluding carboxylic acids is 1.